The molecule has 1 aromatic carbocycles. The molecule has 0 aromatic heterocycles. The molecule has 0 aliphatic carbocycles. The summed E-state index contributed by atoms with van der Waals surface area (Å²) in [6.45, 7) is 5.35. The van der Waals surface area contributed by atoms with Gasteiger partial charge in [0.25, 0.3) is 0 Å². The van der Waals surface area contributed by atoms with Gasteiger partial charge in [-0.15, -0.1) is 0 Å². The first-order chi connectivity index (χ1) is 8.73. The third-order valence-corrected chi connectivity index (χ3v) is 2.35. The highest BCUT2D eigenvalue weighted by Gasteiger charge is 2.18. The largest absolute Gasteiger partial charge is 0.497 e. The van der Waals surface area contributed by atoms with E-state index in [0.29, 0.717) is 17.0 Å². The van der Waals surface area contributed by atoms with Gasteiger partial charge in [-0.05, 0) is 32.9 Å². The Hall–Kier alpha value is -1.82. The SMILES string of the molecule is COc1ccc(C(N)=S)c(NC(=O)OC(C)(C)C)c1. The number of ether oxygens (including phenoxy) is 2. The van der Waals surface area contributed by atoms with Crippen molar-refractivity contribution >= 4 is 29.0 Å². The summed E-state index contributed by atoms with van der Waals surface area (Å²) >= 11 is 4.94. The third kappa shape index (κ3) is 4.75. The average molecular weight is 282 g/mol. The van der Waals surface area contributed by atoms with Crippen LogP contribution in [0.3, 0.4) is 0 Å². The predicted molar refractivity (Wildman–Crippen MR) is 78.7 cm³/mol. The Labute approximate surface area is 118 Å². The molecule has 1 amide bonds. The number of carbonyl (C=O) groups excluding carboxylic acids is 1. The zero-order valence-electron chi connectivity index (χ0n) is 11.4. The first-order valence-electron chi connectivity index (χ1n) is 5.71. The first kappa shape index (κ1) is 15.2. The maximum atomic E-state index is 11.7. The zero-order chi connectivity index (χ0) is 14.6. The Kier molecular flexibility index (Phi) is 4.72. The summed E-state index contributed by atoms with van der Waals surface area (Å²) in [6.07, 6.45) is -0.571. The van der Waals surface area contributed by atoms with Gasteiger partial charge in [0.1, 0.15) is 16.3 Å². The molecule has 0 unspecified atom stereocenters. The molecule has 0 saturated heterocycles. The number of hydrogen-bond acceptors (Lipinski definition) is 4. The topological polar surface area (TPSA) is 73.6 Å². The molecular weight excluding hydrogens is 264 g/mol. The normalized spacial score (nSPS) is 10.7. The number of anilines is 1. The summed E-state index contributed by atoms with van der Waals surface area (Å²) in [5, 5.41) is 2.61. The van der Waals surface area contributed by atoms with Crippen LogP contribution in [-0.2, 0) is 4.74 Å². The van der Waals surface area contributed by atoms with Crippen LogP contribution in [-0.4, -0.2) is 23.8 Å². The molecule has 0 atom stereocenters. The molecule has 0 spiro atoms. The summed E-state index contributed by atoms with van der Waals surface area (Å²) in [6, 6.07) is 5.04. The Morgan fingerprint density at radius 2 is 2.00 bits per heavy atom. The maximum Gasteiger partial charge on any atom is 0.412 e. The van der Waals surface area contributed by atoms with Crippen molar-refractivity contribution in [1.29, 1.82) is 0 Å². The van der Waals surface area contributed by atoms with Gasteiger partial charge in [0.15, 0.2) is 0 Å². The second kappa shape index (κ2) is 5.88. The summed E-state index contributed by atoms with van der Waals surface area (Å²) in [5.74, 6) is 0.589. The van der Waals surface area contributed by atoms with Crippen molar-refractivity contribution in [1.82, 2.24) is 0 Å². The number of benzene rings is 1. The van der Waals surface area contributed by atoms with Crippen molar-refractivity contribution in [3.8, 4) is 5.75 Å². The number of methoxy groups -OCH3 is 1. The molecule has 0 bridgehead atoms. The summed E-state index contributed by atoms with van der Waals surface area (Å²) in [7, 11) is 1.53. The van der Waals surface area contributed by atoms with Crippen molar-refractivity contribution < 1.29 is 14.3 Å². The highest BCUT2D eigenvalue weighted by atomic mass is 32.1. The quantitative estimate of drug-likeness (QED) is 0.834. The number of rotatable bonds is 3. The van der Waals surface area contributed by atoms with Crippen molar-refractivity contribution in [2.75, 3.05) is 12.4 Å². The highest BCUT2D eigenvalue weighted by molar-refractivity contribution is 7.80. The van der Waals surface area contributed by atoms with Gasteiger partial charge in [-0.25, -0.2) is 4.79 Å². The summed E-state index contributed by atoms with van der Waals surface area (Å²) < 4.78 is 10.3. The van der Waals surface area contributed by atoms with Crippen LogP contribution in [0.1, 0.15) is 26.3 Å². The van der Waals surface area contributed by atoms with Crippen LogP contribution in [0.25, 0.3) is 0 Å². The molecule has 104 valence electrons. The number of nitrogens with two attached hydrogens (primary N) is 1. The molecule has 1 aromatic rings. The average Bonchev–Trinajstić information content (AvgIpc) is 2.25. The third-order valence-electron chi connectivity index (χ3n) is 2.13. The first-order valence-corrected chi connectivity index (χ1v) is 6.11. The lowest BCUT2D eigenvalue weighted by atomic mass is 10.1. The van der Waals surface area contributed by atoms with Gasteiger partial charge in [0.05, 0.1) is 12.8 Å². The zero-order valence-corrected chi connectivity index (χ0v) is 12.3. The van der Waals surface area contributed by atoms with Crippen LogP contribution in [0, 0.1) is 0 Å². The molecule has 6 heteroatoms. The van der Waals surface area contributed by atoms with Gasteiger partial charge in [-0.2, -0.15) is 0 Å². The van der Waals surface area contributed by atoms with Gasteiger partial charge in [-0.3, -0.25) is 5.32 Å². The number of thiocarbonyl (C=S) groups is 1. The minimum Gasteiger partial charge on any atom is -0.497 e. The molecule has 3 N–H and O–H groups in total. The van der Waals surface area contributed by atoms with E-state index in [1.165, 1.54) is 7.11 Å². The van der Waals surface area contributed by atoms with E-state index in [1.54, 1.807) is 39.0 Å². The Bertz CT molecular complexity index is 495. The lowest BCUT2D eigenvalue weighted by molar-refractivity contribution is 0.0636. The highest BCUT2D eigenvalue weighted by Crippen LogP contribution is 2.23. The van der Waals surface area contributed by atoms with Crippen molar-refractivity contribution in [3.05, 3.63) is 23.8 Å². The Morgan fingerprint density at radius 1 is 1.37 bits per heavy atom. The molecule has 0 heterocycles. The second-order valence-corrected chi connectivity index (χ2v) is 5.34. The molecule has 5 nitrogen and oxygen atoms in total. The van der Waals surface area contributed by atoms with Crippen molar-refractivity contribution in [2.45, 2.75) is 26.4 Å². The van der Waals surface area contributed by atoms with E-state index in [2.05, 4.69) is 5.32 Å². The standard InChI is InChI=1S/C13H18N2O3S/c1-13(2,3)18-12(16)15-10-7-8(17-4)5-6-9(10)11(14)19/h5-7H,1-4H3,(H2,14,19)(H,15,16). The van der Waals surface area contributed by atoms with Gasteiger partial charge >= 0.3 is 6.09 Å². The summed E-state index contributed by atoms with van der Waals surface area (Å²) in [5.41, 5.74) is 6.05. The van der Waals surface area contributed by atoms with Crippen LogP contribution in [0.15, 0.2) is 18.2 Å². The molecule has 1 rings (SSSR count). The van der Waals surface area contributed by atoms with E-state index >= 15 is 0 Å². The van der Waals surface area contributed by atoms with E-state index in [0.717, 1.165) is 0 Å². The number of carbonyl (C=O) groups is 1. The minimum absolute atomic E-state index is 0.189. The molecule has 0 aliphatic heterocycles. The smallest absolute Gasteiger partial charge is 0.412 e. The van der Waals surface area contributed by atoms with Gasteiger partial charge < -0.3 is 15.2 Å². The number of nitrogens with one attached hydrogen (secondary N) is 1. The minimum atomic E-state index is -0.577. The molecule has 0 fully saturated rings. The van der Waals surface area contributed by atoms with Gasteiger partial charge in [-0.1, -0.05) is 12.2 Å². The van der Waals surface area contributed by atoms with E-state index in [9.17, 15) is 4.79 Å². The second-order valence-electron chi connectivity index (χ2n) is 4.90. The van der Waals surface area contributed by atoms with E-state index in [1.807, 2.05) is 0 Å². The van der Waals surface area contributed by atoms with E-state index in [4.69, 9.17) is 27.4 Å². The maximum absolute atomic E-state index is 11.7. The van der Waals surface area contributed by atoms with E-state index < -0.39 is 11.7 Å². The molecule has 0 radical (unpaired) electrons. The van der Waals surface area contributed by atoms with Crippen molar-refractivity contribution in [3.63, 3.8) is 0 Å². The van der Waals surface area contributed by atoms with E-state index in [-0.39, 0.29) is 4.99 Å². The van der Waals surface area contributed by atoms with Crippen LogP contribution < -0.4 is 15.8 Å². The fourth-order valence-electron chi connectivity index (χ4n) is 1.38. The lowest BCUT2D eigenvalue weighted by Gasteiger charge is -2.20. The van der Waals surface area contributed by atoms with Crippen LogP contribution in [0.4, 0.5) is 10.5 Å². The predicted octanol–water partition coefficient (Wildman–Crippen LogP) is 2.68. The Morgan fingerprint density at radius 3 is 2.47 bits per heavy atom. The fraction of sp³-hybridized carbons (Fsp3) is 0.385. The number of hydrogen-bond donors (Lipinski definition) is 2. The van der Waals surface area contributed by atoms with Crippen molar-refractivity contribution in [2.24, 2.45) is 5.73 Å². The van der Waals surface area contributed by atoms with Crippen LogP contribution >= 0.6 is 12.2 Å². The van der Waals surface area contributed by atoms with Gasteiger partial charge in [0, 0.05) is 11.6 Å². The number of amides is 1. The summed E-state index contributed by atoms with van der Waals surface area (Å²) in [4.78, 5) is 11.9. The van der Waals surface area contributed by atoms with Gasteiger partial charge in [0.2, 0.25) is 0 Å². The van der Waals surface area contributed by atoms with Crippen LogP contribution in [0.5, 0.6) is 5.75 Å². The molecule has 19 heavy (non-hydrogen) atoms. The Balaban J connectivity index is 2.98. The molecule has 0 aliphatic rings. The van der Waals surface area contributed by atoms with Crippen LogP contribution in [0.2, 0.25) is 0 Å². The molecule has 0 saturated carbocycles. The molecular formula is C13H18N2O3S. The fourth-order valence-corrected chi connectivity index (χ4v) is 1.56. The monoisotopic (exact) mass is 282 g/mol. The lowest BCUT2D eigenvalue weighted by Crippen LogP contribution is -2.28.